The minimum absolute atomic E-state index is 0.259. The average Bonchev–Trinajstić information content (AvgIpc) is 3.50. The Labute approximate surface area is 218 Å². The highest BCUT2D eigenvalue weighted by Crippen LogP contribution is 2.33. The lowest BCUT2D eigenvalue weighted by Crippen LogP contribution is -2.39. The highest BCUT2D eigenvalue weighted by molar-refractivity contribution is 7.91. The zero-order valence-electron chi connectivity index (χ0n) is 20.0. The van der Waals surface area contributed by atoms with Gasteiger partial charge >= 0.3 is 0 Å². The molecule has 36 heavy (non-hydrogen) atoms. The molecule has 0 saturated carbocycles. The molecule has 0 aliphatic carbocycles. The monoisotopic (exact) mass is 547 g/mol. The van der Waals surface area contributed by atoms with Crippen LogP contribution in [0.5, 0.6) is 0 Å². The van der Waals surface area contributed by atoms with E-state index in [1.807, 2.05) is 22.1 Å². The van der Waals surface area contributed by atoms with Crippen LogP contribution < -0.4 is 5.32 Å². The van der Waals surface area contributed by atoms with Crippen molar-refractivity contribution in [2.75, 3.05) is 37.5 Å². The third-order valence-electron chi connectivity index (χ3n) is 6.87. The van der Waals surface area contributed by atoms with Crippen LogP contribution in [0, 0.1) is 5.82 Å². The summed E-state index contributed by atoms with van der Waals surface area (Å²) in [4.78, 5) is 11.6. The Morgan fingerprint density at radius 2 is 2.06 bits per heavy atom. The molecule has 190 valence electrons. The van der Waals surface area contributed by atoms with Crippen molar-refractivity contribution in [3.05, 3.63) is 57.8 Å². The number of anilines is 1. The molecule has 1 fully saturated rings. The first-order valence-electron chi connectivity index (χ1n) is 11.7. The van der Waals surface area contributed by atoms with Gasteiger partial charge in [-0.25, -0.2) is 22.8 Å². The number of benzene rings is 1. The lowest BCUT2D eigenvalue weighted by Gasteiger charge is -2.31. The van der Waals surface area contributed by atoms with E-state index in [9.17, 15) is 12.8 Å². The summed E-state index contributed by atoms with van der Waals surface area (Å²) in [5, 5.41) is 6.04. The molecule has 1 aromatic carbocycles. The SMILES string of the molecule is CNc1c(F)cc(-c2ccc3c(CCN(C)C4CCS(=O)(=O)CC4)cn(-c4cscn4)c3n2)cc1Cl. The van der Waals surface area contributed by atoms with Crippen LogP contribution in [0.15, 0.2) is 41.4 Å². The van der Waals surface area contributed by atoms with Crippen LogP contribution in [0.25, 0.3) is 28.1 Å². The Morgan fingerprint density at radius 1 is 1.28 bits per heavy atom. The molecule has 4 heterocycles. The molecule has 11 heteroatoms. The molecule has 0 radical (unpaired) electrons. The number of pyridine rings is 1. The van der Waals surface area contributed by atoms with Crippen molar-refractivity contribution in [1.29, 1.82) is 0 Å². The van der Waals surface area contributed by atoms with Crippen molar-refractivity contribution in [2.45, 2.75) is 25.3 Å². The van der Waals surface area contributed by atoms with Crippen molar-refractivity contribution < 1.29 is 12.8 Å². The number of hydrogen-bond donors (Lipinski definition) is 1. The normalized spacial score (nSPS) is 16.1. The summed E-state index contributed by atoms with van der Waals surface area (Å²) in [6, 6.07) is 7.31. The lowest BCUT2D eigenvalue weighted by atomic mass is 10.1. The highest BCUT2D eigenvalue weighted by atomic mass is 35.5. The van der Waals surface area contributed by atoms with Crippen LogP contribution in [-0.4, -0.2) is 66.0 Å². The Bertz CT molecular complexity index is 1470. The maximum Gasteiger partial charge on any atom is 0.150 e. The van der Waals surface area contributed by atoms with Crippen molar-refractivity contribution in [3.8, 4) is 17.1 Å². The predicted molar refractivity (Wildman–Crippen MR) is 145 cm³/mol. The van der Waals surface area contributed by atoms with Crippen molar-refractivity contribution in [3.63, 3.8) is 0 Å². The van der Waals surface area contributed by atoms with Gasteiger partial charge in [-0.1, -0.05) is 11.6 Å². The maximum absolute atomic E-state index is 14.6. The number of fused-ring (bicyclic) bond motifs is 1. The summed E-state index contributed by atoms with van der Waals surface area (Å²) in [6.45, 7) is 0.801. The summed E-state index contributed by atoms with van der Waals surface area (Å²) < 4.78 is 40.1. The standard InChI is InChI=1S/C25H27ClFN5O2S2/c1-28-24-20(26)11-17(12-21(24)27)22-4-3-19-16(13-32(25(19)30-22)23-14-35-15-29-23)5-8-31(2)18-6-9-36(33,34)10-7-18/h3-4,11-15,18,28H,5-10H2,1-2H3. The van der Waals surface area contributed by atoms with Gasteiger partial charge in [-0.05, 0) is 56.1 Å². The fourth-order valence-corrected chi connectivity index (χ4v) is 7.08. The molecule has 3 aromatic heterocycles. The molecule has 0 spiro atoms. The van der Waals surface area contributed by atoms with Gasteiger partial charge in [0.2, 0.25) is 0 Å². The highest BCUT2D eigenvalue weighted by Gasteiger charge is 2.26. The molecule has 1 aliphatic heterocycles. The number of hydrogen-bond acceptors (Lipinski definition) is 7. The number of likely N-dealkylation sites (N-methyl/N-ethyl adjacent to an activating group) is 1. The molecule has 4 aromatic rings. The molecule has 7 nitrogen and oxygen atoms in total. The quantitative estimate of drug-likeness (QED) is 0.349. The number of halogens is 2. The molecule has 0 bridgehead atoms. The molecule has 5 rings (SSSR count). The van der Waals surface area contributed by atoms with E-state index in [4.69, 9.17) is 16.6 Å². The number of nitrogens with zero attached hydrogens (tertiary/aromatic N) is 4. The van der Waals surface area contributed by atoms with Crippen LogP contribution in [0.3, 0.4) is 0 Å². The van der Waals surface area contributed by atoms with Gasteiger partial charge in [-0.15, -0.1) is 11.3 Å². The third-order valence-corrected chi connectivity index (χ3v) is 9.46. The largest absolute Gasteiger partial charge is 0.385 e. The van der Waals surface area contributed by atoms with E-state index >= 15 is 0 Å². The van der Waals surface area contributed by atoms with E-state index < -0.39 is 15.7 Å². The van der Waals surface area contributed by atoms with Crippen LogP contribution in [0.2, 0.25) is 5.02 Å². The van der Waals surface area contributed by atoms with E-state index in [-0.39, 0.29) is 23.2 Å². The Hall–Kier alpha value is -2.53. The van der Waals surface area contributed by atoms with Gasteiger partial charge in [0.25, 0.3) is 0 Å². The molecule has 1 saturated heterocycles. The molecule has 0 unspecified atom stereocenters. The van der Waals surface area contributed by atoms with Crippen LogP contribution in [0.4, 0.5) is 10.1 Å². The molecule has 1 aliphatic rings. The van der Waals surface area contributed by atoms with E-state index in [1.54, 1.807) is 18.6 Å². The first kappa shape index (κ1) is 25.1. The molecule has 0 atom stereocenters. The lowest BCUT2D eigenvalue weighted by molar-refractivity contribution is 0.229. The molecular formula is C25H27ClFN5O2S2. The number of rotatable bonds is 7. The Kier molecular flexibility index (Phi) is 7.04. The van der Waals surface area contributed by atoms with E-state index in [2.05, 4.69) is 28.4 Å². The van der Waals surface area contributed by atoms with Gasteiger partial charge in [0.15, 0.2) is 0 Å². The van der Waals surface area contributed by atoms with E-state index in [1.165, 1.54) is 17.4 Å². The summed E-state index contributed by atoms with van der Waals surface area (Å²) in [5.74, 6) is 0.868. The van der Waals surface area contributed by atoms with Crippen LogP contribution in [0.1, 0.15) is 18.4 Å². The zero-order valence-corrected chi connectivity index (χ0v) is 22.4. The number of thiazole rings is 1. The minimum Gasteiger partial charge on any atom is -0.385 e. The molecule has 0 amide bonds. The van der Waals surface area contributed by atoms with E-state index in [0.717, 1.165) is 35.4 Å². The van der Waals surface area contributed by atoms with Crippen molar-refractivity contribution >= 4 is 49.5 Å². The fraction of sp³-hybridized carbons (Fsp3) is 0.360. The second-order valence-electron chi connectivity index (χ2n) is 9.12. The number of sulfone groups is 1. The fourth-order valence-electron chi connectivity index (χ4n) is 4.79. The molecular weight excluding hydrogens is 521 g/mol. The topological polar surface area (TPSA) is 80.1 Å². The van der Waals surface area contributed by atoms with E-state index in [0.29, 0.717) is 29.1 Å². The van der Waals surface area contributed by atoms with Gasteiger partial charge in [0, 0.05) is 42.2 Å². The van der Waals surface area contributed by atoms with Gasteiger partial charge in [-0.3, -0.25) is 4.57 Å². The summed E-state index contributed by atoms with van der Waals surface area (Å²) in [5.41, 5.74) is 5.12. The first-order chi connectivity index (χ1) is 17.3. The summed E-state index contributed by atoms with van der Waals surface area (Å²) in [6.07, 6.45) is 4.20. The predicted octanol–water partition coefficient (Wildman–Crippen LogP) is 5.03. The Balaban J connectivity index is 1.46. The van der Waals surface area contributed by atoms with Gasteiger partial charge < -0.3 is 10.2 Å². The van der Waals surface area contributed by atoms with Gasteiger partial charge in [-0.2, -0.15) is 0 Å². The zero-order chi connectivity index (χ0) is 25.4. The van der Waals surface area contributed by atoms with Gasteiger partial charge in [0.1, 0.15) is 27.1 Å². The average molecular weight is 548 g/mol. The van der Waals surface area contributed by atoms with Crippen LogP contribution in [-0.2, 0) is 16.3 Å². The van der Waals surface area contributed by atoms with Crippen molar-refractivity contribution in [2.24, 2.45) is 0 Å². The van der Waals surface area contributed by atoms with Gasteiger partial charge in [0.05, 0.1) is 33.4 Å². The van der Waals surface area contributed by atoms with Crippen molar-refractivity contribution in [1.82, 2.24) is 19.4 Å². The third kappa shape index (κ3) is 5.00. The smallest absolute Gasteiger partial charge is 0.150 e. The Morgan fingerprint density at radius 3 is 2.72 bits per heavy atom. The number of aromatic nitrogens is 3. The molecule has 1 N–H and O–H groups in total. The van der Waals surface area contributed by atoms with Crippen LogP contribution >= 0.6 is 22.9 Å². The second kappa shape index (κ2) is 10.1. The maximum atomic E-state index is 14.6. The minimum atomic E-state index is -2.88. The summed E-state index contributed by atoms with van der Waals surface area (Å²) in [7, 11) is 0.807. The second-order valence-corrected chi connectivity index (χ2v) is 12.5. The number of nitrogens with one attached hydrogen (secondary N) is 1. The summed E-state index contributed by atoms with van der Waals surface area (Å²) >= 11 is 7.79. The first-order valence-corrected chi connectivity index (χ1v) is 14.9.